The minimum Gasteiger partial charge on any atom is -0.482 e. The van der Waals surface area contributed by atoms with E-state index in [9.17, 15) is 0 Å². The van der Waals surface area contributed by atoms with Crippen molar-refractivity contribution in [3.63, 3.8) is 0 Å². The van der Waals surface area contributed by atoms with E-state index in [2.05, 4.69) is 12.1 Å². The molecule has 1 aromatic rings. The Morgan fingerprint density at radius 2 is 2.08 bits per heavy atom. The summed E-state index contributed by atoms with van der Waals surface area (Å²) in [6.45, 7) is 0. The summed E-state index contributed by atoms with van der Waals surface area (Å²) < 4.78 is 5.57. The number of hydrogen-bond donors (Lipinski definition) is 0. The van der Waals surface area contributed by atoms with Crippen molar-refractivity contribution in [3.05, 3.63) is 47.4 Å². The maximum atomic E-state index is 5.57. The van der Waals surface area contributed by atoms with Crippen molar-refractivity contribution < 1.29 is 4.74 Å². The fraction of sp³-hybridized carbons (Fsp3) is 0.0909. The molecule has 2 rings (SSSR count). The number of benzene rings is 1. The van der Waals surface area contributed by atoms with E-state index >= 15 is 0 Å². The maximum absolute atomic E-state index is 5.57. The Morgan fingerprint density at radius 3 is 3.08 bits per heavy atom. The number of rotatable bonds is 0. The molecule has 0 bridgehead atoms. The number of thioether (sulfide) groups is 1. The fourth-order valence-corrected chi connectivity index (χ4v) is 1.62. The molecule has 0 radical (unpaired) electrons. The molecule has 0 unspecified atom stereocenters. The van der Waals surface area contributed by atoms with Crippen molar-refractivity contribution in [2.45, 2.75) is 0 Å². The van der Waals surface area contributed by atoms with Gasteiger partial charge in [-0.2, -0.15) is 0 Å². The number of ether oxygens (including phenoxy) is 1. The van der Waals surface area contributed by atoms with E-state index in [-0.39, 0.29) is 0 Å². The lowest BCUT2D eigenvalue weighted by molar-refractivity contribution is 0.393. The molecule has 66 valence electrons. The normalized spacial score (nSPS) is 15.1. The molecule has 1 aromatic carbocycles. The van der Waals surface area contributed by atoms with Gasteiger partial charge in [-0.15, -0.1) is 0 Å². The van der Waals surface area contributed by atoms with E-state index in [0.717, 1.165) is 11.3 Å². The van der Waals surface area contributed by atoms with Gasteiger partial charge in [-0.1, -0.05) is 48.2 Å². The molecule has 0 fully saturated rings. The second-order valence-electron chi connectivity index (χ2n) is 2.65. The molecule has 0 saturated carbocycles. The highest BCUT2D eigenvalue weighted by Crippen LogP contribution is 2.22. The molecule has 1 aliphatic heterocycles. The highest BCUT2D eigenvalue weighted by atomic mass is 32.2. The van der Waals surface area contributed by atoms with Gasteiger partial charge in [0, 0.05) is 5.56 Å². The van der Waals surface area contributed by atoms with Gasteiger partial charge in [0.1, 0.15) is 11.7 Å². The predicted octanol–water partition coefficient (Wildman–Crippen LogP) is 3.30. The van der Waals surface area contributed by atoms with Crippen LogP contribution in [-0.2, 0) is 0 Å². The molecule has 0 N–H and O–H groups in total. The molecule has 0 spiro atoms. The summed E-state index contributed by atoms with van der Waals surface area (Å²) in [4.78, 5) is 0. The number of fused-ring (bicyclic) bond motifs is 1. The molecular formula is C11H10OS. The Kier molecular flexibility index (Phi) is 2.72. The minimum absolute atomic E-state index is 0.676. The summed E-state index contributed by atoms with van der Waals surface area (Å²) in [5.41, 5.74) is 1.13. The predicted molar refractivity (Wildman–Crippen MR) is 57.7 cm³/mol. The first kappa shape index (κ1) is 8.45. The maximum Gasteiger partial charge on any atom is 0.138 e. The highest BCUT2D eigenvalue weighted by Gasteiger charge is 1.99. The van der Waals surface area contributed by atoms with E-state index in [1.807, 2.05) is 35.8 Å². The van der Waals surface area contributed by atoms with Crippen LogP contribution >= 0.6 is 11.8 Å². The van der Waals surface area contributed by atoms with Gasteiger partial charge in [-0.05, 0) is 11.5 Å². The summed E-state index contributed by atoms with van der Waals surface area (Å²) in [5.74, 6) is 1.63. The lowest BCUT2D eigenvalue weighted by Gasteiger charge is -2.06. The first-order valence-corrected chi connectivity index (χ1v) is 5.18. The Labute approximate surface area is 82.1 Å². The molecule has 0 aromatic heterocycles. The van der Waals surface area contributed by atoms with Crippen LogP contribution in [0.3, 0.4) is 0 Å². The van der Waals surface area contributed by atoms with Crippen molar-refractivity contribution in [1.82, 2.24) is 0 Å². The third kappa shape index (κ3) is 2.16. The molecule has 0 saturated heterocycles. The third-order valence-corrected chi connectivity index (χ3v) is 2.37. The Morgan fingerprint density at radius 1 is 1.15 bits per heavy atom. The van der Waals surface area contributed by atoms with Crippen LogP contribution in [0.5, 0.6) is 5.75 Å². The topological polar surface area (TPSA) is 9.23 Å². The molecule has 0 atom stereocenters. The quantitative estimate of drug-likeness (QED) is 0.620. The second kappa shape index (κ2) is 4.19. The molecule has 1 aliphatic rings. The van der Waals surface area contributed by atoms with Gasteiger partial charge in [0.05, 0.1) is 0 Å². The summed E-state index contributed by atoms with van der Waals surface area (Å²) in [5, 5.41) is 2.03. The summed E-state index contributed by atoms with van der Waals surface area (Å²) in [6, 6.07) is 8.05. The van der Waals surface area contributed by atoms with E-state index in [0.29, 0.717) is 5.94 Å². The van der Waals surface area contributed by atoms with Crippen LogP contribution in [0.15, 0.2) is 41.8 Å². The van der Waals surface area contributed by atoms with Crippen LogP contribution < -0.4 is 4.74 Å². The van der Waals surface area contributed by atoms with Crippen LogP contribution in [0.1, 0.15) is 5.56 Å². The molecule has 13 heavy (non-hydrogen) atoms. The van der Waals surface area contributed by atoms with Gasteiger partial charge in [0.2, 0.25) is 0 Å². The molecule has 0 aliphatic carbocycles. The first-order valence-electron chi connectivity index (χ1n) is 4.13. The average Bonchev–Trinajstić information content (AvgIpc) is 2.28. The van der Waals surface area contributed by atoms with E-state index in [1.165, 1.54) is 0 Å². The first-order chi connectivity index (χ1) is 6.47. The lowest BCUT2D eigenvalue weighted by Crippen LogP contribution is -1.92. The Hall–Kier alpha value is -1.15. The Balaban J connectivity index is 2.35. The van der Waals surface area contributed by atoms with Crippen molar-refractivity contribution in [2.24, 2.45) is 0 Å². The van der Waals surface area contributed by atoms with Crippen LogP contribution in [0.2, 0.25) is 0 Å². The average molecular weight is 190 g/mol. The largest absolute Gasteiger partial charge is 0.482 e. The standard InChI is InChI=1S/C11H10OS/c1-2-7-11-10(5-1)6-3-4-8-13-9-12-11/h1-8H,9H2. The zero-order valence-corrected chi connectivity index (χ0v) is 7.96. The van der Waals surface area contributed by atoms with Crippen molar-refractivity contribution in [3.8, 4) is 5.75 Å². The molecule has 1 heterocycles. The van der Waals surface area contributed by atoms with E-state index in [4.69, 9.17) is 4.74 Å². The SMILES string of the molecule is C1=CSCOc2ccccc2C=C1. The van der Waals surface area contributed by atoms with Crippen LogP contribution in [0.4, 0.5) is 0 Å². The van der Waals surface area contributed by atoms with E-state index in [1.54, 1.807) is 11.8 Å². The van der Waals surface area contributed by atoms with Crippen molar-refractivity contribution in [2.75, 3.05) is 5.94 Å². The second-order valence-corrected chi connectivity index (χ2v) is 3.50. The van der Waals surface area contributed by atoms with Gasteiger partial charge < -0.3 is 4.74 Å². The molecule has 0 amide bonds. The number of allylic oxidation sites excluding steroid dienone is 2. The molecule has 1 nitrogen and oxygen atoms in total. The van der Waals surface area contributed by atoms with Gasteiger partial charge in [0.25, 0.3) is 0 Å². The minimum atomic E-state index is 0.676. The fourth-order valence-electron chi connectivity index (χ4n) is 1.15. The van der Waals surface area contributed by atoms with Crippen molar-refractivity contribution in [1.29, 1.82) is 0 Å². The van der Waals surface area contributed by atoms with Crippen molar-refractivity contribution >= 4 is 17.8 Å². The molecular weight excluding hydrogens is 180 g/mol. The monoisotopic (exact) mass is 190 g/mol. The van der Waals surface area contributed by atoms with Crippen LogP contribution in [-0.4, -0.2) is 5.94 Å². The Bertz CT molecular complexity index is 342. The zero-order chi connectivity index (χ0) is 8.93. The smallest absolute Gasteiger partial charge is 0.138 e. The van der Waals surface area contributed by atoms with Gasteiger partial charge in [-0.25, -0.2) is 0 Å². The summed E-state index contributed by atoms with van der Waals surface area (Å²) in [7, 11) is 0. The number of hydrogen-bond acceptors (Lipinski definition) is 2. The lowest BCUT2D eigenvalue weighted by atomic mass is 10.2. The van der Waals surface area contributed by atoms with Crippen LogP contribution in [0.25, 0.3) is 6.08 Å². The number of para-hydroxylation sites is 1. The van der Waals surface area contributed by atoms with Gasteiger partial charge in [0.15, 0.2) is 0 Å². The van der Waals surface area contributed by atoms with Gasteiger partial charge in [-0.3, -0.25) is 0 Å². The summed E-state index contributed by atoms with van der Waals surface area (Å²) in [6.07, 6.45) is 6.11. The van der Waals surface area contributed by atoms with Crippen LogP contribution in [0, 0.1) is 0 Å². The highest BCUT2D eigenvalue weighted by molar-refractivity contribution is 8.02. The zero-order valence-electron chi connectivity index (χ0n) is 7.14. The summed E-state index contributed by atoms with van der Waals surface area (Å²) >= 11 is 1.65. The van der Waals surface area contributed by atoms with Gasteiger partial charge >= 0.3 is 0 Å². The van der Waals surface area contributed by atoms with E-state index < -0.39 is 0 Å². The third-order valence-electron chi connectivity index (χ3n) is 1.76. The molecule has 2 heteroatoms.